The molecule has 2 heterocycles. The molecule has 104 valence electrons. The summed E-state index contributed by atoms with van der Waals surface area (Å²) in [6, 6.07) is 2.33. The zero-order valence-electron chi connectivity index (χ0n) is 10.9. The van der Waals surface area contributed by atoms with Crippen LogP contribution >= 0.6 is 15.9 Å². The maximum atomic E-state index is 11.6. The number of hydrogen-bond acceptors (Lipinski definition) is 4. The number of likely N-dealkylation sites (tertiary alicyclic amines) is 1. The molecule has 0 aliphatic carbocycles. The van der Waals surface area contributed by atoms with E-state index >= 15 is 0 Å². The maximum Gasteiger partial charge on any atom is 0.409 e. The molecule has 0 saturated carbocycles. The van der Waals surface area contributed by atoms with Gasteiger partial charge in [0, 0.05) is 31.5 Å². The van der Waals surface area contributed by atoms with E-state index in [0.717, 1.165) is 36.1 Å². The second-order valence-corrected chi connectivity index (χ2v) is 5.31. The lowest BCUT2D eigenvalue weighted by atomic mass is 10.1. The predicted molar refractivity (Wildman–Crippen MR) is 77.2 cm³/mol. The minimum atomic E-state index is -0.203. The first-order chi connectivity index (χ1) is 9.20. The molecule has 1 saturated heterocycles. The fourth-order valence-corrected chi connectivity index (χ4v) is 2.50. The minimum Gasteiger partial charge on any atom is -0.450 e. The SMILES string of the molecule is CCOC(=O)N1CCC(Nc2ccncc2Br)CC1. The third kappa shape index (κ3) is 3.83. The van der Waals surface area contributed by atoms with Crippen LogP contribution in [0.2, 0.25) is 0 Å². The smallest absolute Gasteiger partial charge is 0.409 e. The Balaban J connectivity index is 1.84. The summed E-state index contributed by atoms with van der Waals surface area (Å²) >= 11 is 3.47. The predicted octanol–water partition coefficient (Wildman–Crippen LogP) is 2.88. The van der Waals surface area contributed by atoms with Gasteiger partial charge in [-0.15, -0.1) is 0 Å². The number of rotatable bonds is 3. The number of nitrogens with one attached hydrogen (secondary N) is 1. The maximum absolute atomic E-state index is 11.6. The summed E-state index contributed by atoms with van der Waals surface area (Å²) in [6.45, 7) is 3.73. The second kappa shape index (κ2) is 6.75. The van der Waals surface area contributed by atoms with Crippen LogP contribution in [0.25, 0.3) is 0 Å². The summed E-state index contributed by atoms with van der Waals surface area (Å²) in [5.74, 6) is 0. The standard InChI is InChI=1S/C13H18BrN3O2/c1-2-19-13(18)17-7-4-10(5-8-17)16-12-3-6-15-9-11(12)14/h3,6,9-10H,2,4-5,7-8H2,1H3,(H,15,16). The normalized spacial score (nSPS) is 16.2. The van der Waals surface area contributed by atoms with Crippen LogP contribution in [0.1, 0.15) is 19.8 Å². The van der Waals surface area contributed by atoms with Gasteiger partial charge in [-0.3, -0.25) is 4.98 Å². The van der Waals surface area contributed by atoms with Crippen molar-refractivity contribution < 1.29 is 9.53 Å². The number of ether oxygens (including phenoxy) is 1. The van der Waals surface area contributed by atoms with Crippen LogP contribution in [-0.4, -0.2) is 41.7 Å². The topological polar surface area (TPSA) is 54.5 Å². The molecule has 6 heteroatoms. The zero-order valence-corrected chi connectivity index (χ0v) is 12.5. The summed E-state index contributed by atoms with van der Waals surface area (Å²) in [7, 11) is 0. The van der Waals surface area contributed by atoms with Gasteiger partial charge in [0.15, 0.2) is 0 Å². The summed E-state index contributed by atoms with van der Waals surface area (Å²) < 4.78 is 5.97. The van der Waals surface area contributed by atoms with E-state index in [1.54, 1.807) is 17.3 Å². The molecule has 2 rings (SSSR count). The van der Waals surface area contributed by atoms with Crippen molar-refractivity contribution in [1.29, 1.82) is 0 Å². The highest BCUT2D eigenvalue weighted by atomic mass is 79.9. The molecule has 1 amide bonds. The highest BCUT2D eigenvalue weighted by Gasteiger charge is 2.23. The van der Waals surface area contributed by atoms with E-state index in [0.29, 0.717) is 12.6 Å². The van der Waals surface area contributed by atoms with Gasteiger partial charge in [-0.25, -0.2) is 4.79 Å². The summed E-state index contributed by atoms with van der Waals surface area (Å²) in [4.78, 5) is 17.4. The molecule has 19 heavy (non-hydrogen) atoms. The van der Waals surface area contributed by atoms with E-state index < -0.39 is 0 Å². The van der Waals surface area contributed by atoms with Crippen molar-refractivity contribution in [2.75, 3.05) is 25.0 Å². The molecule has 1 aliphatic heterocycles. The molecule has 1 aromatic rings. The number of nitrogens with zero attached hydrogens (tertiary/aromatic N) is 2. The van der Waals surface area contributed by atoms with Crippen LogP contribution in [0.15, 0.2) is 22.9 Å². The van der Waals surface area contributed by atoms with E-state index in [2.05, 4.69) is 26.2 Å². The zero-order chi connectivity index (χ0) is 13.7. The number of hydrogen-bond donors (Lipinski definition) is 1. The van der Waals surface area contributed by atoms with E-state index in [-0.39, 0.29) is 6.09 Å². The van der Waals surface area contributed by atoms with Crippen LogP contribution < -0.4 is 5.32 Å². The van der Waals surface area contributed by atoms with Gasteiger partial charge in [0.2, 0.25) is 0 Å². The molecule has 0 radical (unpaired) electrons. The number of aromatic nitrogens is 1. The van der Waals surface area contributed by atoms with Gasteiger partial charge in [0.1, 0.15) is 0 Å². The van der Waals surface area contributed by atoms with Gasteiger partial charge in [-0.2, -0.15) is 0 Å². The fraction of sp³-hybridized carbons (Fsp3) is 0.538. The number of halogens is 1. The Morgan fingerprint density at radius 2 is 2.32 bits per heavy atom. The average Bonchev–Trinajstić information content (AvgIpc) is 2.42. The van der Waals surface area contributed by atoms with Crippen molar-refractivity contribution >= 4 is 27.7 Å². The van der Waals surface area contributed by atoms with Crippen molar-refractivity contribution in [3.63, 3.8) is 0 Å². The van der Waals surface area contributed by atoms with Crippen molar-refractivity contribution in [2.24, 2.45) is 0 Å². The molecular formula is C13H18BrN3O2. The fourth-order valence-electron chi connectivity index (χ4n) is 2.13. The van der Waals surface area contributed by atoms with Crippen LogP contribution in [0, 0.1) is 0 Å². The molecule has 1 N–H and O–H groups in total. The Labute approximate surface area is 121 Å². The Hall–Kier alpha value is -1.30. The van der Waals surface area contributed by atoms with Crippen molar-refractivity contribution in [2.45, 2.75) is 25.8 Å². The van der Waals surface area contributed by atoms with Crippen LogP contribution in [0.5, 0.6) is 0 Å². The van der Waals surface area contributed by atoms with Gasteiger partial charge >= 0.3 is 6.09 Å². The molecule has 1 aromatic heterocycles. The van der Waals surface area contributed by atoms with Crippen LogP contribution in [-0.2, 0) is 4.74 Å². The Bertz CT molecular complexity index is 434. The highest BCUT2D eigenvalue weighted by Crippen LogP contribution is 2.23. The van der Waals surface area contributed by atoms with Crippen LogP contribution in [0.3, 0.4) is 0 Å². The number of piperidine rings is 1. The number of carbonyl (C=O) groups is 1. The number of amides is 1. The van der Waals surface area contributed by atoms with Gasteiger partial charge in [-0.1, -0.05) is 0 Å². The van der Waals surface area contributed by atoms with E-state index in [1.165, 1.54) is 0 Å². The first-order valence-electron chi connectivity index (χ1n) is 6.48. The molecule has 0 aromatic carbocycles. The highest BCUT2D eigenvalue weighted by molar-refractivity contribution is 9.10. The lowest BCUT2D eigenvalue weighted by Gasteiger charge is -2.32. The van der Waals surface area contributed by atoms with Crippen molar-refractivity contribution in [3.05, 3.63) is 22.9 Å². The number of anilines is 1. The lowest BCUT2D eigenvalue weighted by Crippen LogP contribution is -2.42. The first-order valence-corrected chi connectivity index (χ1v) is 7.27. The average molecular weight is 328 g/mol. The quantitative estimate of drug-likeness (QED) is 0.927. The van der Waals surface area contributed by atoms with E-state index in [1.807, 2.05) is 13.0 Å². The number of pyridine rings is 1. The molecule has 1 aliphatic rings. The Kier molecular flexibility index (Phi) is 5.01. The Morgan fingerprint density at radius 3 is 2.95 bits per heavy atom. The van der Waals surface area contributed by atoms with E-state index in [4.69, 9.17) is 4.74 Å². The van der Waals surface area contributed by atoms with E-state index in [9.17, 15) is 4.79 Å². The van der Waals surface area contributed by atoms with Gasteiger partial charge < -0.3 is 15.0 Å². The molecule has 0 bridgehead atoms. The third-order valence-corrected chi connectivity index (χ3v) is 3.78. The monoisotopic (exact) mass is 327 g/mol. The van der Waals surface area contributed by atoms with Gasteiger partial charge in [0.25, 0.3) is 0 Å². The molecule has 5 nitrogen and oxygen atoms in total. The third-order valence-electron chi connectivity index (χ3n) is 3.15. The lowest BCUT2D eigenvalue weighted by molar-refractivity contribution is 0.0983. The minimum absolute atomic E-state index is 0.203. The second-order valence-electron chi connectivity index (χ2n) is 4.46. The summed E-state index contributed by atoms with van der Waals surface area (Å²) in [5.41, 5.74) is 1.05. The first kappa shape index (κ1) is 14.1. The molecule has 0 unspecified atom stereocenters. The number of carbonyl (C=O) groups excluding carboxylic acids is 1. The summed E-state index contributed by atoms with van der Waals surface area (Å²) in [5, 5.41) is 3.47. The largest absolute Gasteiger partial charge is 0.450 e. The summed E-state index contributed by atoms with van der Waals surface area (Å²) in [6.07, 6.45) is 5.18. The van der Waals surface area contributed by atoms with Crippen LogP contribution in [0.4, 0.5) is 10.5 Å². The Morgan fingerprint density at radius 1 is 1.58 bits per heavy atom. The van der Waals surface area contributed by atoms with Crippen molar-refractivity contribution in [3.8, 4) is 0 Å². The molecule has 1 fully saturated rings. The molecule has 0 atom stereocenters. The van der Waals surface area contributed by atoms with Crippen molar-refractivity contribution in [1.82, 2.24) is 9.88 Å². The van der Waals surface area contributed by atoms with Gasteiger partial charge in [0.05, 0.1) is 16.8 Å². The molecular weight excluding hydrogens is 310 g/mol. The molecule has 0 spiro atoms. The van der Waals surface area contributed by atoms with Gasteiger partial charge in [-0.05, 0) is 41.8 Å².